The van der Waals surface area contributed by atoms with Crippen LogP contribution in [0.1, 0.15) is 55.5 Å². The van der Waals surface area contributed by atoms with E-state index < -0.39 is 0 Å². The van der Waals surface area contributed by atoms with Gasteiger partial charge in [-0.3, -0.25) is 9.69 Å². The maximum absolute atomic E-state index is 12.0. The van der Waals surface area contributed by atoms with Crippen molar-refractivity contribution in [2.45, 2.75) is 46.1 Å². The molecule has 1 N–H and O–H groups in total. The van der Waals surface area contributed by atoms with E-state index in [2.05, 4.69) is 36.2 Å². The van der Waals surface area contributed by atoms with Crippen molar-refractivity contribution in [3.05, 3.63) is 35.4 Å². The van der Waals surface area contributed by atoms with E-state index in [-0.39, 0.29) is 5.91 Å². The van der Waals surface area contributed by atoms with Crippen molar-refractivity contribution in [3.63, 3.8) is 0 Å². The van der Waals surface area contributed by atoms with Gasteiger partial charge in [0.05, 0.1) is 0 Å². The van der Waals surface area contributed by atoms with Crippen LogP contribution in [0.5, 0.6) is 0 Å². The predicted octanol–water partition coefficient (Wildman–Crippen LogP) is 3.45. The summed E-state index contributed by atoms with van der Waals surface area (Å²) in [6, 6.07) is 8.08. The molecule has 0 saturated carbocycles. The summed E-state index contributed by atoms with van der Waals surface area (Å²) in [5.74, 6) is 0.515. The molecular formula is C18H28N2O. The van der Waals surface area contributed by atoms with Gasteiger partial charge in [0.2, 0.25) is 0 Å². The highest BCUT2D eigenvalue weighted by Crippen LogP contribution is 2.14. The van der Waals surface area contributed by atoms with Crippen LogP contribution < -0.4 is 5.32 Å². The molecule has 1 aliphatic rings. The molecule has 3 heteroatoms. The lowest BCUT2D eigenvalue weighted by Gasteiger charge is -2.19. The van der Waals surface area contributed by atoms with E-state index in [9.17, 15) is 4.79 Å². The molecule has 1 saturated heterocycles. The molecule has 0 aliphatic carbocycles. The van der Waals surface area contributed by atoms with Gasteiger partial charge in [-0.05, 0) is 49.5 Å². The first-order valence-corrected chi connectivity index (χ1v) is 8.24. The lowest BCUT2D eigenvalue weighted by atomic mass is 10.1. The topological polar surface area (TPSA) is 32.3 Å². The monoisotopic (exact) mass is 288 g/mol. The Labute approximate surface area is 128 Å². The molecular weight excluding hydrogens is 260 g/mol. The Bertz CT molecular complexity index is 431. The van der Waals surface area contributed by atoms with Gasteiger partial charge in [0.15, 0.2) is 0 Å². The first-order valence-electron chi connectivity index (χ1n) is 8.24. The van der Waals surface area contributed by atoms with Crippen molar-refractivity contribution in [1.29, 1.82) is 0 Å². The zero-order valence-electron chi connectivity index (χ0n) is 13.4. The molecule has 0 bridgehead atoms. The fourth-order valence-corrected chi connectivity index (χ4v) is 2.71. The van der Waals surface area contributed by atoms with Gasteiger partial charge in [0.25, 0.3) is 5.91 Å². The summed E-state index contributed by atoms with van der Waals surface area (Å²) in [5, 5.41) is 2.96. The van der Waals surface area contributed by atoms with Gasteiger partial charge in [-0.1, -0.05) is 38.8 Å². The van der Waals surface area contributed by atoms with E-state index in [0.29, 0.717) is 5.92 Å². The van der Waals surface area contributed by atoms with E-state index in [1.165, 1.54) is 44.3 Å². The van der Waals surface area contributed by atoms with E-state index in [4.69, 9.17) is 0 Å². The Kier molecular flexibility index (Phi) is 6.24. The van der Waals surface area contributed by atoms with Gasteiger partial charge in [-0.15, -0.1) is 0 Å². The second kappa shape index (κ2) is 8.18. The minimum Gasteiger partial charge on any atom is -0.352 e. The zero-order chi connectivity index (χ0) is 15.1. The highest BCUT2D eigenvalue weighted by atomic mass is 16.1. The lowest BCUT2D eigenvalue weighted by Crippen LogP contribution is -2.27. The molecule has 1 fully saturated rings. The number of rotatable bonds is 5. The summed E-state index contributed by atoms with van der Waals surface area (Å²) in [6.07, 6.45) is 5.36. The van der Waals surface area contributed by atoms with E-state index in [0.717, 1.165) is 18.7 Å². The Morgan fingerprint density at radius 3 is 2.29 bits per heavy atom. The van der Waals surface area contributed by atoms with Gasteiger partial charge in [0, 0.05) is 18.7 Å². The van der Waals surface area contributed by atoms with Crippen molar-refractivity contribution in [2.24, 2.45) is 5.92 Å². The molecule has 0 spiro atoms. The maximum atomic E-state index is 12.0. The van der Waals surface area contributed by atoms with Gasteiger partial charge in [0.1, 0.15) is 0 Å². The first-order chi connectivity index (χ1) is 10.1. The first kappa shape index (κ1) is 16.0. The van der Waals surface area contributed by atoms with Crippen molar-refractivity contribution in [2.75, 3.05) is 19.6 Å². The van der Waals surface area contributed by atoms with Crippen LogP contribution in [-0.2, 0) is 6.54 Å². The number of carbonyl (C=O) groups excluding carboxylic acids is 1. The van der Waals surface area contributed by atoms with Crippen LogP contribution in [0.15, 0.2) is 24.3 Å². The molecule has 116 valence electrons. The molecule has 2 rings (SSSR count). The third kappa shape index (κ3) is 5.50. The largest absolute Gasteiger partial charge is 0.352 e. The number of hydrogen-bond donors (Lipinski definition) is 1. The third-order valence-electron chi connectivity index (χ3n) is 3.99. The summed E-state index contributed by atoms with van der Waals surface area (Å²) in [7, 11) is 0. The average Bonchev–Trinajstić information content (AvgIpc) is 2.74. The quantitative estimate of drug-likeness (QED) is 0.900. The molecule has 21 heavy (non-hydrogen) atoms. The van der Waals surface area contributed by atoms with Crippen LogP contribution in [0.3, 0.4) is 0 Å². The Hall–Kier alpha value is -1.35. The number of nitrogens with zero attached hydrogens (tertiary/aromatic N) is 1. The number of benzene rings is 1. The summed E-state index contributed by atoms with van der Waals surface area (Å²) < 4.78 is 0. The molecule has 0 unspecified atom stereocenters. The van der Waals surface area contributed by atoms with Crippen LogP contribution in [0.25, 0.3) is 0 Å². The Morgan fingerprint density at radius 1 is 1.10 bits per heavy atom. The summed E-state index contributed by atoms with van der Waals surface area (Å²) in [6.45, 7) is 8.35. The minimum absolute atomic E-state index is 0.0324. The van der Waals surface area contributed by atoms with Crippen molar-refractivity contribution in [3.8, 4) is 0 Å². The van der Waals surface area contributed by atoms with Gasteiger partial charge >= 0.3 is 0 Å². The SMILES string of the molecule is CC(C)CNC(=O)c1ccc(CN2CCCCCC2)cc1. The predicted molar refractivity (Wildman–Crippen MR) is 87.4 cm³/mol. The van der Waals surface area contributed by atoms with Crippen LogP contribution in [0.2, 0.25) is 0 Å². The average molecular weight is 288 g/mol. The molecule has 1 aliphatic heterocycles. The Morgan fingerprint density at radius 2 is 1.71 bits per heavy atom. The number of nitrogens with one attached hydrogen (secondary N) is 1. The number of carbonyl (C=O) groups is 1. The summed E-state index contributed by atoms with van der Waals surface area (Å²) >= 11 is 0. The highest BCUT2D eigenvalue weighted by Gasteiger charge is 2.10. The molecule has 1 amide bonds. The smallest absolute Gasteiger partial charge is 0.251 e. The molecule has 0 aromatic heterocycles. The van der Waals surface area contributed by atoms with Crippen molar-refractivity contribution < 1.29 is 4.79 Å². The molecule has 0 atom stereocenters. The standard InChI is InChI=1S/C18H28N2O/c1-15(2)13-19-18(21)17-9-7-16(8-10-17)14-20-11-5-3-4-6-12-20/h7-10,15H,3-6,11-14H2,1-2H3,(H,19,21). The molecule has 1 heterocycles. The number of amides is 1. The lowest BCUT2D eigenvalue weighted by molar-refractivity contribution is 0.0949. The fraction of sp³-hybridized carbons (Fsp3) is 0.611. The minimum atomic E-state index is 0.0324. The van der Waals surface area contributed by atoms with E-state index in [1.807, 2.05) is 12.1 Å². The van der Waals surface area contributed by atoms with Crippen LogP contribution >= 0.6 is 0 Å². The molecule has 1 aromatic carbocycles. The second-order valence-corrected chi connectivity index (χ2v) is 6.49. The third-order valence-corrected chi connectivity index (χ3v) is 3.99. The van der Waals surface area contributed by atoms with Crippen LogP contribution in [-0.4, -0.2) is 30.4 Å². The Balaban J connectivity index is 1.87. The highest BCUT2D eigenvalue weighted by molar-refractivity contribution is 5.94. The molecule has 3 nitrogen and oxygen atoms in total. The summed E-state index contributed by atoms with van der Waals surface area (Å²) in [5.41, 5.74) is 2.06. The maximum Gasteiger partial charge on any atom is 0.251 e. The normalized spacial score (nSPS) is 16.7. The number of hydrogen-bond acceptors (Lipinski definition) is 2. The number of likely N-dealkylation sites (tertiary alicyclic amines) is 1. The van der Waals surface area contributed by atoms with Crippen molar-refractivity contribution >= 4 is 5.91 Å². The van der Waals surface area contributed by atoms with Gasteiger partial charge in [-0.25, -0.2) is 0 Å². The van der Waals surface area contributed by atoms with E-state index >= 15 is 0 Å². The van der Waals surface area contributed by atoms with Crippen LogP contribution in [0.4, 0.5) is 0 Å². The van der Waals surface area contributed by atoms with E-state index in [1.54, 1.807) is 0 Å². The molecule has 0 radical (unpaired) electrons. The van der Waals surface area contributed by atoms with Crippen LogP contribution in [0, 0.1) is 5.92 Å². The van der Waals surface area contributed by atoms with Crippen molar-refractivity contribution in [1.82, 2.24) is 10.2 Å². The zero-order valence-corrected chi connectivity index (χ0v) is 13.4. The second-order valence-electron chi connectivity index (χ2n) is 6.49. The fourth-order valence-electron chi connectivity index (χ4n) is 2.71. The van der Waals surface area contributed by atoms with Gasteiger partial charge in [-0.2, -0.15) is 0 Å². The summed E-state index contributed by atoms with van der Waals surface area (Å²) in [4.78, 5) is 14.5. The molecule has 1 aromatic rings. The van der Waals surface area contributed by atoms with Gasteiger partial charge < -0.3 is 5.32 Å².